The first-order valence-corrected chi connectivity index (χ1v) is 8.01. The SMILES string of the molecule is O=C(CCOC1CCOCC1)NCCC1CCCNC1. The number of hydrogen-bond donors (Lipinski definition) is 2. The monoisotopic (exact) mass is 284 g/mol. The first kappa shape index (κ1) is 15.7. The Kier molecular flexibility index (Phi) is 7.33. The van der Waals surface area contributed by atoms with E-state index in [-0.39, 0.29) is 12.0 Å². The van der Waals surface area contributed by atoms with Crippen molar-refractivity contribution in [1.82, 2.24) is 10.6 Å². The quantitative estimate of drug-likeness (QED) is 0.734. The minimum absolute atomic E-state index is 0.112. The van der Waals surface area contributed by atoms with Gasteiger partial charge in [-0.1, -0.05) is 0 Å². The molecule has 1 atom stereocenters. The predicted octanol–water partition coefficient (Wildman–Crippen LogP) is 1.08. The van der Waals surface area contributed by atoms with Crippen LogP contribution in [0.3, 0.4) is 0 Å². The van der Waals surface area contributed by atoms with Crippen LogP contribution >= 0.6 is 0 Å². The lowest BCUT2D eigenvalue weighted by molar-refractivity contribution is -0.123. The second-order valence-corrected chi connectivity index (χ2v) is 5.78. The first-order chi connectivity index (χ1) is 9.84. The minimum Gasteiger partial charge on any atom is -0.381 e. The fourth-order valence-corrected chi connectivity index (χ4v) is 2.84. The van der Waals surface area contributed by atoms with Crippen LogP contribution in [0.1, 0.15) is 38.5 Å². The van der Waals surface area contributed by atoms with Crippen LogP contribution in [0.25, 0.3) is 0 Å². The number of piperidine rings is 1. The third-order valence-electron chi connectivity index (χ3n) is 4.12. The summed E-state index contributed by atoms with van der Waals surface area (Å²) in [5.74, 6) is 0.836. The van der Waals surface area contributed by atoms with Crippen molar-refractivity contribution in [2.24, 2.45) is 5.92 Å². The Morgan fingerprint density at radius 3 is 2.90 bits per heavy atom. The molecule has 0 aliphatic carbocycles. The van der Waals surface area contributed by atoms with E-state index >= 15 is 0 Å². The van der Waals surface area contributed by atoms with Crippen LogP contribution in [0.15, 0.2) is 0 Å². The van der Waals surface area contributed by atoms with Gasteiger partial charge in [-0.25, -0.2) is 0 Å². The lowest BCUT2D eigenvalue weighted by atomic mass is 9.96. The van der Waals surface area contributed by atoms with Crippen molar-refractivity contribution in [3.05, 3.63) is 0 Å². The molecule has 5 heteroatoms. The summed E-state index contributed by atoms with van der Waals surface area (Å²) < 4.78 is 11.0. The molecule has 2 aliphatic heterocycles. The van der Waals surface area contributed by atoms with Gasteiger partial charge in [0, 0.05) is 26.2 Å². The topological polar surface area (TPSA) is 59.6 Å². The Balaban J connectivity index is 1.45. The summed E-state index contributed by atoms with van der Waals surface area (Å²) in [6.45, 7) is 5.14. The summed E-state index contributed by atoms with van der Waals surface area (Å²) in [5, 5.41) is 6.40. The number of amides is 1. The Morgan fingerprint density at radius 1 is 1.30 bits per heavy atom. The number of rotatable bonds is 7. The molecule has 2 N–H and O–H groups in total. The van der Waals surface area contributed by atoms with E-state index in [9.17, 15) is 4.79 Å². The fourth-order valence-electron chi connectivity index (χ4n) is 2.84. The van der Waals surface area contributed by atoms with Crippen LogP contribution < -0.4 is 10.6 Å². The van der Waals surface area contributed by atoms with Crippen LogP contribution in [-0.2, 0) is 14.3 Å². The van der Waals surface area contributed by atoms with Gasteiger partial charge >= 0.3 is 0 Å². The molecular formula is C15H28N2O3. The van der Waals surface area contributed by atoms with Gasteiger partial charge in [0.15, 0.2) is 0 Å². The highest BCUT2D eigenvalue weighted by Gasteiger charge is 2.15. The molecule has 2 saturated heterocycles. The zero-order valence-corrected chi connectivity index (χ0v) is 12.4. The Bertz CT molecular complexity index is 248. The molecule has 2 heterocycles. The molecule has 0 radical (unpaired) electrons. The van der Waals surface area contributed by atoms with Gasteiger partial charge in [0.2, 0.25) is 5.91 Å². The van der Waals surface area contributed by atoms with E-state index in [2.05, 4.69) is 10.6 Å². The molecule has 1 unspecified atom stereocenters. The average Bonchev–Trinajstić information content (AvgIpc) is 2.49. The molecule has 0 aromatic rings. The summed E-state index contributed by atoms with van der Waals surface area (Å²) in [6.07, 6.45) is 6.30. The van der Waals surface area contributed by atoms with Crippen LogP contribution in [0.4, 0.5) is 0 Å². The van der Waals surface area contributed by atoms with Crippen molar-refractivity contribution in [3.63, 3.8) is 0 Å². The van der Waals surface area contributed by atoms with Gasteiger partial charge in [0.05, 0.1) is 12.7 Å². The maximum atomic E-state index is 11.7. The summed E-state index contributed by atoms with van der Waals surface area (Å²) >= 11 is 0. The van der Waals surface area contributed by atoms with E-state index in [1.54, 1.807) is 0 Å². The van der Waals surface area contributed by atoms with Gasteiger partial charge in [-0.2, -0.15) is 0 Å². The summed E-state index contributed by atoms with van der Waals surface area (Å²) in [5.41, 5.74) is 0. The van der Waals surface area contributed by atoms with Crippen LogP contribution in [0.5, 0.6) is 0 Å². The molecular weight excluding hydrogens is 256 g/mol. The highest BCUT2D eigenvalue weighted by molar-refractivity contribution is 5.75. The highest BCUT2D eigenvalue weighted by atomic mass is 16.5. The average molecular weight is 284 g/mol. The maximum Gasteiger partial charge on any atom is 0.222 e. The minimum atomic E-state index is 0.112. The largest absolute Gasteiger partial charge is 0.381 e. The third kappa shape index (κ3) is 6.20. The van der Waals surface area contributed by atoms with E-state index in [0.717, 1.165) is 58.0 Å². The third-order valence-corrected chi connectivity index (χ3v) is 4.12. The molecule has 116 valence electrons. The van der Waals surface area contributed by atoms with Crippen molar-refractivity contribution < 1.29 is 14.3 Å². The zero-order valence-electron chi connectivity index (χ0n) is 12.4. The Hall–Kier alpha value is -0.650. The lowest BCUT2D eigenvalue weighted by Gasteiger charge is -2.23. The smallest absolute Gasteiger partial charge is 0.222 e. The molecule has 0 aromatic carbocycles. The lowest BCUT2D eigenvalue weighted by Crippen LogP contribution is -2.33. The maximum absolute atomic E-state index is 11.7. The van der Waals surface area contributed by atoms with Crippen molar-refractivity contribution in [2.45, 2.75) is 44.6 Å². The standard InChI is InChI=1S/C15H28N2O3/c18-15(6-11-20-14-4-9-19-10-5-14)17-8-3-13-2-1-7-16-12-13/h13-14,16H,1-12H2,(H,17,18). The molecule has 0 bridgehead atoms. The number of hydrogen-bond acceptors (Lipinski definition) is 4. The van der Waals surface area contributed by atoms with E-state index in [4.69, 9.17) is 9.47 Å². The number of carbonyl (C=O) groups is 1. The van der Waals surface area contributed by atoms with E-state index in [0.29, 0.717) is 13.0 Å². The Labute approximate surface area is 121 Å². The van der Waals surface area contributed by atoms with Gasteiger partial charge in [-0.05, 0) is 51.1 Å². The molecule has 5 nitrogen and oxygen atoms in total. The highest BCUT2D eigenvalue weighted by Crippen LogP contribution is 2.13. The molecule has 2 rings (SSSR count). The zero-order chi connectivity index (χ0) is 14.0. The molecule has 2 aliphatic rings. The van der Waals surface area contributed by atoms with E-state index in [1.165, 1.54) is 12.8 Å². The molecule has 2 fully saturated rings. The van der Waals surface area contributed by atoms with Gasteiger partial charge in [-0.15, -0.1) is 0 Å². The molecule has 0 saturated carbocycles. The van der Waals surface area contributed by atoms with E-state index in [1.807, 2.05) is 0 Å². The molecule has 20 heavy (non-hydrogen) atoms. The van der Waals surface area contributed by atoms with Crippen molar-refractivity contribution in [3.8, 4) is 0 Å². The first-order valence-electron chi connectivity index (χ1n) is 8.01. The van der Waals surface area contributed by atoms with Crippen LogP contribution in [0, 0.1) is 5.92 Å². The predicted molar refractivity (Wildman–Crippen MR) is 77.6 cm³/mol. The van der Waals surface area contributed by atoms with Gasteiger partial charge in [0.25, 0.3) is 0 Å². The molecule has 0 spiro atoms. The normalized spacial score (nSPS) is 24.5. The summed E-state index contributed by atoms with van der Waals surface area (Å²) in [7, 11) is 0. The van der Waals surface area contributed by atoms with Crippen molar-refractivity contribution in [2.75, 3.05) is 39.5 Å². The fraction of sp³-hybridized carbons (Fsp3) is 0.933. The second kappa shape index (κ2) is 9.32. The summed E-state index contributed by atoms with van der Waals surface area (Å²) in [4.78, 5) is 11.7. The molecule has 1 amide bonds. The number of carbonyl (C=O) groups excluding carboxylic acids is 1. The Morgan fingerprint density at radius 2 is 2.15 bits per heavy atom. The van der Waals surface area contributed by atoms with Crippen LogP contribution in [0.2, 0.25) is 0 Å². The number of nitrogens with one attached hydrogen (secondary N) is 2. The van der Waals surface area contributed by atoms with Gasteiger partial charge in [0.1, 0.15) is 0 Å². The number of ether oxygens (including phenoxy) is 2. The summed E-state index contributed by atoms with van der Waals surface area (Å²) in [6, 6.07) is 0. The van der Waals surface area contributed by atoms with Gasteiger partial charge in [-0.3, -0.25) is 4.79 Å². The van der Waals surface area contributed by atoms with Crippen LogP contribution in [-0.4, -0.2) is 51.5 Å². The van der Waals surface area contributed by atoms with E-state index < -0.39 is 0 Å². The van der Waals surface area contributed by atoms with Crippen molar-refractivity contribution in [1.29, 1.82) is 0 Å². The van der Waals surface area contributed by atoms with Gasteiger partial charge < -0.3 is 20.1 Å². The second-order valence-electron chi connectivity index (χ2n) is 5.78. The molecule has 0 aromatic heterocycles. The van der Waals surface area contributed by atoms with Crippen molar-refractivity contribution >= 4 is 5.91 Å².